The molecule has 20 heavy (non-hydrogen) atoms. The SMILES string of the molecule is N[C@@H](COC(=O)N[C@@H](CS)C(=O)CCC(=O)O)C(=O)O. The van der Waals surface area contributed by atoms with Gasteiger partial charge in [-0.15, -0.1) is 0 Å². The lowest BCUT2D eigenvalue weighted by atomic mass is 10.1. The van der Waals surface area contributed by atoms with Gasteiger partial charge >= 0.3 is 18.0 Å². The number of nitrogens with two attached hydrogens (primary N) is 1. The lowest BCUT2D eigenvalue weighted by Crippen LogP contribution is -2.44. The molecule has 0 bridgehead atoms. The Morgan fingerprint density at radius 1 is 1.20 bits per heavy atom. The van der Waals surface area contributed by atoms with Crippen molar-refractivity contribution >= 4 is 36.4 Å². The molecule has 5 N–H and O–H groups in total. The molecule has 10 heteroatoms. The molecular weight excluding hydrogens is 292 g/mol. The Balaban J connectivity index is 4.21. The van der Waals surface area contributed by atoms with E-state index in [0.29, 0.717) is 0 Å². The van der Waals surface area contributed by atoms with Gasteiger partial charge in [-0.2, -0.15) is 12.6 Å². The fourth-order valence-corrected chi connectivity index (χ4v) is 1.35. The Morgan fingerprint density at radius 2 is 1.80 bits per heavy atom. The zero-order valence-corrected chi connectivity index (χ0v) is 11.3. The molecule has 0 saturated carbocycles. The number of nitrogens with one attached hydrogen (secondary N) is 1. The first kappa shape index (κ1) is 18.2. The van der Waals surface area contributed by atoms with Crippen molar-refractivity contribution in [1.29, 1.82) is 0 Å². The van der Waals surface area contributed by atoms with E-state index in [-0.39, 0.29) is 18.6 Å². The van der Waals surface area contributed by atoms with Crippen LogP contribution in [0.3, 0.4) is 0 Å². The van der Waals surface area contributed by atoms with Gasteiger partial charge in [-0.3, -0.25) is 14.4 Å². The van der Waals surface area contributed by atoms with Gasteiger partial charge in [-0.25, -0.2) is 4.79 Å². The van der Waals surface area contributed by atoms with Crippen molar-refractivity contribution < 1.29 is 34.1 Å². The van der Waals surface area contributed by atoms with Crippen LogP contribution in [0.4, 0.5) is 4.79 Å². The van der Waals surface area contributed by atoms with Crippen molar-refractivity contribution in [3.8, 4) is 0 Å². The first-order valence-corrected chi connectivity index (χ1v) is 6.18. The van der Waals surface area contributed by atoms with Crippen molar-refractivity contribution in [2.24, 2.45) is 5.73 Å². The highest BCUT2D eigenvalue weighted by Crippen LogP contribution is 2.00. The molecule has 0 heterocycles. The summed E-state index contributed by atoms with van der Waals surface area (Å²) in [7, 11) is 0. The van der Waals surface area contributed by atoms with E-state index < -0.39 is 42.5 Å². The lowest BCUT2D eigenvalue weighted by Gasteiger charge is -2.15. The summed E-state index contributed by atoms with van der Waals surface area (Å²) in [5.74, 6) is -3.02. The standard InChI is InChI=1S/C10H16N2O7S/c11-5(9(16)17)3-19-10(18)12-6(4-20)7(13)1-2-8(14)15/h5-6,20H,1-4,11H2,(H,12,18)(H,14,15)(H,16,17)/t5-,6-/m0/s1. The number of carbonyl (C=O) groups excluding carboxylic acids is 2. The molecule has 0 aliphatic carbocycles. The van der Waals surface area contributed by atoms with E-state index in [1.165, 1.54) is 0 Å². The summed E-state index contributed by atoms with van der Waals surface area (Å²) in [6.45, 7) is -0.552. The van der Waals surface area contributed by atoms with Crippen molar-refractivity contribution in [3.05, 3.63) is 0 Å². The highest BCUT2D eigenvalue weighted by Gasteiger charge is 2.21. The molecule has 0 fully saturated rings. The number of ether oxygens (including phenoxy) is 1. The Hall–Kier alpha value is -1.81. The van der Waals surface area contributed by atoms with Crippen LogP contribution >= 0.6 is 12.6 Å². The van der Waals surface area contributed by atoms with Crippen molar-refractivity contribution in [2.45, 2.75) is 24.9 Å². The molecule has 0 aliphatic heterocycles. The summed E-state index contributed by atoms with van der Waals surface area (Å²) in [6, 6.07) is -2.37. The van der Waals surface area contributed by atoms with Gasteiger partial charge in [0.1, 0.15) is 12.6 Å². The van der Waals surface area contributed by atoms with Crippen LogP contribution in [0.25, 0.3) is 0 Å². The molecule has 0 aromatic carbocycles. The van der Waals surface area contributed by atoms with Gasteiger partial charge in [0, 0.05) is 12.2 Å². The minimum atomic E-state index is -1.36. The molecule has 0 radical (unpaired) electrons. The maximum Gasteiger partial charge on any atom is 0.407 e. The summed E-state index contributed by atoms with van der Waals surface area (Å²) in [6.07, 6.45) is -1.64. The van der Waals surface area contributed by atoms with Crippen molar-refractivity contribution in [1.82, 2.24) is 5.32 Å². The van der Waals surface area contributed by atoms with Crippen LogP contribution in [0.5, 0.6) is 0 Å². The summed E-state index contributed by atoms with van der Waals surface area (Å²) < 4.78 is 4.51. The van der Waals surface area contributed by atoms with E-state index in [9.17, 15) is 19.2 Å². The summed E-state index contributed by atoms with van der Waals surface area (Å²) in [5, 5.41) is 19.1. The number of carbonyl (C=O) groups is 4. The Morgan fingerprint density at radius 3 is 2.25 bits per heavy atom. The number of carboxylic acid groups (broad SMARTS) is 2. The molecule has 0 unspecified atom stereocenters. The van der Waals surface area contributed by atoms with Crippen LogP contribution in [0, 0.1) is 0 Å². The Labute approximate surface area is 119 Å². The highest BCUT2D eigenvalue weighted by molar-refractivity contribution is 7.80. The first-order chi connectivity index (χ1) is 9.27. The molecule has 0 rings (SSSR count). The topological polar surface area (TPSA) is 156 Å². The molecule has 0 aromatic heterocycles. The maximum absolute atomic E-state index is 11.6. The second-order valence-electron chi connectivity index (χ2n) is 3.78. The number of rotatable bonds is 9. The Kier molecular flexibility index (Phi) is 8.32. The zero-order valence-electron chi connectivity index (χ0n) is 10.4. The summed E-state index contributed by atoms with van der Waals surface area (Å²) >= 11 is 3.86. The van der Waals surface area contributed by atoms with Gasteiger partial charge in [-0.05, 0) is 0 Å². The molecule has 0 spiro atoms. The molecule has 1 amide bonds. The average Bonchev–Trinajstić information content (AvgIpc) is 2.38. The minimum Gasteiger partial charge on any atom is -0.481 e. The quantitative estimate of drug-likeness (QED) is 0.334. The highest BCUT2D eigenvalue weighted by atomic mass is 32.1. The lowest BCUT2D eigenvalue weighted by molar-refractivity contribution is -0.139. The third-order valence-corrected chi connectivity index (χ3v) is 2.52. The third kappa shape index (κ3) is 7.59. The average molecular weight is 308 g/mol. The molecule has 0 aromatic rings. The molecule has 2 atom stereocenters. The van der Waals surface area contributed by atoms with Crippen LogP contribution in [0.15, 0.2) is 0 Å². The van der Waals surface area contributed by atoms with E-state index in [4.69, 9.17) is 15.9 Å². The fraction of sp³-hybridized carbons (Fsp3) is 0.600. The number of hydrogen-bond donors (Lipinski definition) is 5. The fourth-order valence-electron chi connectivity index (χ4n) is 1.05. The van der Waals surface area contributed by atoms with E-state index in [1.807, 2.05) is 0 Å². The molecule has 0 saturated heterocycles. The van der Waals surface area contributed by atoms with Crippen LogP contribution in [0.2, 0.25) is 0 Å². The molecule has 114 valence electrons. The van der Waals surface area contributed by atoms with Gasteiger partial charge < -0.3 is 26.0 Å². The number of Topliss-reactive ketones (excluding diaryl/α,β-unsaturated/α-hetero) is 1. The van der Waals surface area contributed by atoms with E-state index >= 15 is 0 Å². The zero-order chi connectivity index (χ0) is 15.7. The summed E-state index contributed by atoms with van der Waals surface area (Å²) in [4.78, 5) is 43.6. The molecule has 0 aliphatic rings. The largest absolute Gasteiger partial charge is 0.481 e. The van der Waals surface area contributed by atoms with Crippen LogP contribution in [-0.2, 0) is 19.1 Å². The molecular formula is C10H16N2O7S. The predicted molar refractivity (Wildman–Crippen MR) is 69.6 cm³/mol. The number of hydrogen-bond acceptors (Lipinski definition) is 7. The van der Waals surface area contributed by atoms with Crippen LogP contribution < -0.4 is 11.1 Å². The van der Waals surface area contributed by atoms with Gasteiger partial charge in [0.05, 0.1) is 12.5 Å². The van der Waals surface area contributed by atoms with Crippen molar-refractivity contribution in [2.75, 3.05) is 12.4 Å². The summed E-state index contributed by atoms with van der Waals surface area (Å²) in [5.41, 5.74) is 5.12. The molecule has 9 nitrogen and oxygen atoms in total. The maximum atomic E-state index is 11.6. The monoisotopic (exact) mass is 308 g/mol. The van der Waals surface area contributed by atoms with Gasteiger partial charge in [0.2, 0.25) is 0 Å². The Bertz CT molecular complexity index is 388. The van der Waals surface area contributed by atoms with Crippen LogP contribution in [-0.4, -0.2) is 58.5 Å². The normalized spacial score (nSPS) is 13.1. The van der Waals surface area contributed by atoms with Crippen LogP contribution in [0.1, 0.15) is 12.8 Å². The van der Waals surface area contributed by atoms with Crippen molar-refractivity contribution in [3.63, 3.8) is 0 Å². The second-order valence-corrected chi connectivity index (χ2v) is 4.15. The van der Waals surface area contributed by atoms with E-state index in [1.54, 1.807) is 0 Å². The van der Waals surface area contributed by atoms with E-state index in [0.717, 1.165) is 0 Å². The smallest absolute Gasteiger partial charge is 0.407 e. The first-order valence-electron chi connectivity index (χ1n) is 5.55. The van der Waals surface area contributed by atoms with Gasteiger partial charge in [0.25, 0.3) is 0 Å². The number of carboxylic acids is 2. The number of alkyl carbamates (subject to hydrolysis) is 1. The number of ketones is 1. The van der Waals surface area contributed by atoms with Gasteiger partial charge in [0.15, 0.2) is 5.78 Å². The van der Waals surface area contributed by atoms with E-state index in [2.05, 4.69) is 22.7 Å². The number of aliphatic carboxylic acids is 2. The second kappa shape index (κ2) is 9.15. The minimum absolute atomic E-state index is 0.0431. The third-order valence-electron chi connectivity index (χ3n) is 2.16. The number of amides is 1. The van der Waals surface area contributed by atoms with Gasteiger partial charge in [-0.1, -0.05) is 0 Å². The predicted octanol–water partition coefficient (Wildman–Crippen LogP) is -1.14. The number of thiol groups is 1.